The number of benzene rings is 2. The molecule has 0 saturated carbocycles. The standard InChI is InChI=1S/C15H16N2O2S/c18-13-7-6-11(10-14(13)19)8-9-16-15(20)17-12-4-2-1-3-5-12/h1-7,10,18-19H,8-9H2,(H2,16,17,20). The van der Waals surface area contributed by atoms with E-state index in [0.29, 0.717) is 18.1 Å². The van der Waals surface area contributed by atoms with E-state index in [9.17, 15) is 10.2 Å². The molecular weight excluding hydrogens is 272 g/mol. The fraction of sp³-hybridized carbons (Fsp3) is 0.133. The van der Waals surface area contributed by atoms with Crippen LogP contribution in [0.15, 0.2) is 48.5 Å². The molecule has 4 nitrogen and oxygen atoms in total. The smallest absolute Gasteiger partial charge is 0.170 e. The van der Waals surface area contributed by atoms with Gasteiger partial charge in [-0.15, -0.1) is 0 Å². The summed E-state index contributed by atoms with van der Waals surface area (Å²) >= 11 is 5.19. The lowest BCUT2D eigenvalue weighted by Gasteiger charge is -2.10. The molecule has 0 radical (unpaired) electrons. The number of phenolic OH excluding ortho intramolecular Hbond substituents is 2. The molecule has 4 N–H and O–H groups in total. The molecule has 0 amide bonds. The highest BCUT2D eigenvalue weighted by Gasteiger charge is 2.01. The molecule has 104 valence electrons. The summed E-state index contributed by atoms with van der Waals surface area (Å²) < 4.78 is 0. The lowest BCUT2D eigenvalue weighted by atomic mass is 10.1. The van der Waals surface area contributed by atoms with Gasteiger partial charge in [-0.3, -0.25) is 0 Å². The predicted octanol–water partition coefficient (Wildman–Crippen LogP) is 2.63. The maximum absolute atomic E-state index is 9.39. The second kappa shape index (κ2) is 6.77. The van der Waals surface area contributed by atoms with Gasteiger partial charge in [0.05, 0.1) is 0 Å². The molecule has 20 heavy (non-hydrogen) atoms. The van der Waals surface area contributed by atoms with Crippen LogP contribution >= 0.6 is 12.2 Å². The van der Waals surface area contributed by atoms with Gasteiger partial charge in [-0.05, 0) is 48.5 Å². The molecule has 0 unspecified atom stereocenters. The van der Waals surface area contributed by atoms with Crippen molar-refractivity contribution in [1.29, 1.82) is 0 Å². The lowest BCUT2D eigenvalue weighted by molar-refractivity contribution is 0.403. The molecule has 2 aromatic rings. The fourth-order valence-electron chi connectivity index (χ4n) is 1.74. The summed E-state index contributed by atoms with van der Waals surface area (Å²) in [5.74, 6) is -0.213. The second-order valence-electron chi connectivity index (χ2n) is 4.32. The molecule has 0 atom stereocenters. The van der Waals surface area contributed by atoms with Gasteiger partial charge in [0.15, 0.2) is 16.6 Å². The summed E-state index contributed by atoms with van der Waals surface area (Å²) in [6.07, 6.45) is 0.699. The summed E-state index contributed by atoms with van der Waals surface area (Å²) in [7, 11) is 0. The minimum Gasteiger partial charge on any atom is -0.504 e. The van der Waals surface area contributed by atoms with Crippen molar-refractivity contribution in [3.8, 4) is 11.5 Å². The van der Waals surface area contributed by atoms with Crippen LogP contribution in [0, 0.1) is 0 Å². The van der Waals surface area contributed by atoms with E-state index in [1.54, 1.807) is 12.1 Å². The number of rotatable bonds is 4. The van der Waals surface area contributed by atoms with Crippen molar-refractivity contribution in [2.24, 2.45) is 0 Å². The van der Waals surface area contributed by atoms with E-state index in [1.165, 1.54) is 6.07 Å². The van der Waals surface area contributed by atoms with Crippen LogP contribution in [-0.2, 0) is 6.42 Å². The zero-order chi connectivity index (χ0) is 14.4. The molecule has 0 aliphatic rings. The van der Waals surface area contributed by atoms with Crippen LogP contribution in [0.4, 0.5) is 5.69 Å². The molecular formula is C15H16N2O2S. The molecule has 0 bridgehead atoms. The van der Waals surface area contributed by atoms with Gasteiger partial charge < -0.3 is 20.8 Å². The molecule has 2 aromatic carbocycles. The van der Waals surface area contributed by atoms with Gasteiger partial charge in [-0.25, -0.2) is 0 Å². The van der Waals surface area contributed by atoms with E-state index in [0.717, 1.165) is 11.3 Å². The topological polar surface area (TPSA) is 64.5 Å². The summed E-state index contributed by atoms with van der Waals surface area (Å²) in [6, 6.07) is 14.5. The number of thiocarbonyl (C=S) groups is 1. The normalized spacial score (nSPS) is 10.0. The van der Waals surface area contributed by atoms with Gasteiger partial charge >= 0.3 is 0 Å². The molecule has 0 heterocycles. The zero-order valence-electron chi connectivity index (χ0n) is 10.8. The van der Waals surface area contributed by atoms with Crippen LogP contribution in [0.1, 0.15) is 5.56 Å². The molecule has 0 saturated heterocycles. The number of hydrogen-bond acceptors (Lipinski definition) is 3. The van der Waals surface area contributed by atoms with E-state index in [4.69, 9.17) is 12.2 Å². The van der Waals surface area contributed by atoms with Crippen molar-refractivity contribution >= 4 is 23.0 Å². The van der Waals surface area contributed by atoms with E-state index in [2.05, 4.69) is 10.6 Å². The van der Waals surface area contributed by atoms with Gasteiger partial charge in [-0.2, -0.15) is 0 Å². The SMILES string of the molecule is Oc1ccc(CCNC(=S)Nc2ccccc2)cc1O. The maximum atomic E-state index is 9.39. The highest BCUT2D eigenvalue weighted by Crippen LogP contribution is 2.24. The minimum atomic E-state index is -0.108. The van der Waals surface area contributed by atoms with Crippen LogP contribution < -0.4 is 10.6 Å². The number of hydrogen-bond donors (Lipinski definition) is 4. The van der Waals surface area contributed by atoms with Crippen LogP contribution in [0.3, 0.4) is 0 Å². The quantitative estimate of drug-likeness (QED) is 0.514. The predicted molar refractivity (Wildman–Crippen MR) is 84.1 cm³/mol. The Kier molecular flexibility index (Phi) is 4.79. The highest BCUT2D eigenvalue weighted by atomic mass is 32.1. The average molecular weight is 288 g/mol. The second-order valence-corrected chi connectivity index (χ2v) is 4.73. The molecule has 0 aromatic heterocycles. The highest BCUT2D eigenvalue weighted by molar-refractivity contribution is 7.80. The third-order valence-electron chi connectivity index (χ3n) is 2.77. The number of phenols is 2. The zero-order valence-corrected chi connectivity index (χ0v) is 11.7. The summed E-state index contributed by atoms with van der Waals surface area (Å²) in [6.45, 7) is 0.642. The van der Waals surface area contributed by atoms with Gasteiger partial charge in [0.2, 0.25) is 0 Å². The minimum absolute atomic E-state index is 0.104. The van der Waals surface area contributed by atoms with Crippen molar-refractivity contribution < 1.29 is 10.2 Å². The third-order valence-corrected chi connectivity index (χ3v) is 3.02. The van der Waals surface area contributed by atoms with Crippen LogP contribution in [-0.4, -0.2) is 21.9 Å². The Morgan fingerprint density at radius 1 is 1.00 bits per heavy atom. The van der Waals surface area contributed by atoms with Gasteiger partial charge in [0, 0.05) is 12.2 Å². The fourth-order valence-corrected chi connectivity index (χ4v) is 1.96. The van der Waals surface area contributed by atoms with Crippen LogP contribution in [0.2, 0.25) is 0 Å². The maximum Gasteiger partial charge on any atom is 0.170 e. The summed E-state index contributed by atoms with van der Waals surface area (Å²) in [4.78, 5) is 0. The van der Waals surface area contributed by atoms with Gasteiger partial charge in [0.25, 0.3) is 0 Å². The molecule has 0 aliphatic carbocycles. The number of anilines is 1. The van der Waals surface area contributed by atoms with Gasteiger partial charge in [0.1, 0.15) is 0 Å². The van der Waals surface area contributed by atoms with E-state index in [-0.39, 0.29) is 11.5 Å². The molecule has 0 aliphatic heterocycles. The number of aromatic hydroxyl groups is 2. The first-order valence-electron chi connectivity index (χ1n) is 6.26. The monoisotopic (exact) mass is 288 g/mol. The summed E-state index contributed by atoms with van der Waals surface area (Å²) in [5, 5.41) is 25.3. The first-order valence-corrected chi connectivity index (χ1v) is 6.67. The van der Waals surface area contributed by atoms with Crippen molar-refractivity contribution in [3.05, 3.63) is 54.1 Å². The molecule has 0 spiro atoms. The first-order chi connectivity index (χ1) is 9.65. The Labute approximate surface area is 123 Å². The van der Waals surface area contributed by atoms with E-state index < -0.39 is 0 Å². The molecule has 2 rings (SSSR count). The van der Waals surface area contributed by atoms with E-state index >= 15 is 0 Å². The van der Waals surface area contributed by atoms with Crippen molar-refractivity contribution in [2.75, 3.05) is 11.9 Å². The van der Waals surface area contributed by atoms with Crippen molar-refractivity contribution in [2.45, 2.75) is 6.42 Å². The van der Waals surface area contributed by atoms with Crippen molar-refractivity contribution in [3.63, 3.8) is 0 Å². The average Bonchev–Trinajstić information content (AvgIpc) is 2.44. The van der Waals surface area contributed by atoms with Crippen LogP contribution in [0.5, 0.6) is 11.5 Å². The first kappa shape index (κ1) is 14.1. The van der Waals surface area contributed by atoms with Crippen molar-refractivity contribution in [1.82, 2.24) is 5.32 Å². The summed E-state index contributed by atoms with van der Waals surface area (Å²) in [5.41, 5.74) is 1.86. The molecule has 5 heteroatoms. The molecule has 0 fully saturated rings. The lowest BCUT2D eigenvalue weighted by Crippen LogP contribution is -2.30. The number of para-hydroxylation sites is 1. The Hall–Kier alpha value is -2.27. The Balaban J connectivity index is 1.78. The Morgan fingerprint density at radius 2 is 1.75 bits per heavy atom. The van der Waals surface area contributed by atoms with E-state index in [1.807, 2.05) is 30.3 Å². The largest absolute Gasteiger partial charge is 0.504 e. The Bertz CT molecular complexity index is 588. The van der Waals surface area contributed by atoms with Crippen LogP contribution in [0.25, 0.3) is 0 Å². The third kappa shape index (κ3) is 4.13. The van der Waals surface area contributed by atoms with Gasteiger partial charge in [-0.1, -0.05) is 24.3 Å². The Morgan fingerprint density at radius 3 is 2.45 bits per heavy atom. The number of nitrogens with one attached hydrogen (secondary N) is 2.